The van der Waals surface area contributed by atoms with Crippen LogP contribution >= 0.6 is 0 Å². The molecule has 0 saturated carbocycles. The second-order valence-electron chi connectivity index (χ2n) is 8.74. The molecular weight excluding hydrogens is 398 g/mol. The molecule has 172 valence electrons. The van der Waals surface area contributed by atoms with Crippen LogP contribution in [0.4, 0.5) is 4.79 Å². The Hall–Kier alpha value is -2.83. The van der Waals surface area contributed by atoms with Gasteiger partial charge in [0.25, 0.3) is 0 Å². The Morgan fingerprint density at radius 3 is 2.29 bits per heavy atom. The minimum atomic E-state index is -1.02. The van der Waals surface area contributed by atoms with Crippen molar-refractivity contribution in [3.8, 4) is 0 Å². The SMILES string of the molecule is C=CCOC(=O)[C@H](CC(C)C)OC(=O)[C@@H](CNC(=O)OC(C)(C)C)Cc1ccccc1. The van der Waals surface area contributed by atoms with Crippen molar-refractivity contribution in [2.45, 2.75) is 59.2 Å². The number of esters is 2. The molecule has 2 atom stereocenters. The molecule has 1 aromatic carbocycles. The molecule has 0 radical (unpaired) electrons. The van der Waals surface area contributed by atoms with E-state index < -0.39 is 35.7 Å². The lowest BCUT2D eigenvalue weighted by molar-refractivity contribution is -0.170. The summed E-state index contributed by atoms with van der Waals surface area (Å²) in [5, 5.41) is 2.63. The highest BCUT2D eigenvalue weighted by atomic mass is 16.6. The van der Waals surface area contributed by atoms with Crippen molar-refractivity contribution in [1.82, 2.24) is 5.32 Å². The Labute approximate surface area is 185 Å². The van der Waals surface area contributed by atoms with Crippen LogP contribution in [0, 0.1) is 11.8 Å². The fraction of sp³-hybridized carbons (Fsp3) is 0.542. The van der Waals surface area contributed by atoms with Crippen molar-refractivity contribution in [2.24, 2.45) is 11.8 Å². The minimum Gasteiger partial charge on any atom is -0.459 e. The van der Waals surface area contributed by atoms with E-state index in [1.54, 1.807) is 20.8 Å². The van der Waals surface area contributed by atoms with Crippen LogP contribution in [0.5, 0.6) is 0 Å². The molecule has 0 heterocycles. The van der Waals surface area contributed by atoms with Gasteiger partial charge in [0.1, 0.15) is 12.2 Å². The predicted octanol–water partition coefficient (Wildman–Crippen LogP) is 4.06. The first-order chi connectivity index (χ1) is 14.5. The van der Waals surface area contributed by atoms with Crippen LogP contribution in [0.3, 0.4) is 0 Å². The summed E-state index contributed by atoms with van der Waals surface area (Å²) in [4.78, 5) is 37.4. The fourth-order valence-electron chi connectivity index (χ4n) is 2.75. The first-order valence-corrected chi connectivity index (χ1v) is 10.5. The molecule has 0 spiro atoms. The van der Waals surface area contributed by atoms with E-state index >= 15 is 0 Å². The number of hydrogen-bond acceptors (Lipinski definition) is 6. The molecule has 1 rings (SSSR count). The highest BCUT2D eigenvalue weighted by molar-refractivity contribution is 5.81. The van der Waals surface area contributed by atoms with Gasteiger partial charge in [0.2, 0.25) is 0 Å². The molecule has 0 bridgehead atoms. The summed E-state index contributed by atoms with van der Waals surface area (Å²) in [5.41, 5.74) is 0.252. The Morgan fingerprint density at radius 2 is 1.74 bits per heavy atom. The van der Waals surface area contributed by atoms with Gasteiger partial charge in [-0.05, 0) is 45.1 Å². The molecule has 0 saturated heterocycles. The van der Waals surface area contributed by atoms with Crippen LogP contribution in [0.25, 0.3) is 0 Å². The molecule has 1 N–H and O–H groups in total. The number of carbonyl (C=O) groups excluding carboxylic acids is 3. The first kappa shape index (κ1) is 26.2. The molecule has 1 aromatic rings. The molecular formula is C24H35NO6. The Kier molecular flexibility index (Phi) is 10.8. The zero-order valence-corrected chi connectivity index (χ0v) is 19.2. The minimum absolute atomic E-state index is 0.0126. The summed E-state index contributed by atoms with van der Waals surface area (Å²) in [7, 11) is 0. The van der Waals surface area contributed by atoms with Crippen LogP contribution in [0.2, 0.25) is 0 Å². The van der Waals surface area contributed by atoms with E-state index in [1.165, 1.54) is 6.08 Å². The Balaban J connectivity index is 2.92. The molecule has 31 heavy (non-hydrogen) atoms. The van der Waals surface area contributed by atoms with Gasteiger partial charge in [0, 0.05) is 6.54 Å². The summed E-state index contributed by atoms with van der Waals surface area (Å²) in [6, 6.07) is 9.39. The maximum absolute atomic E-state index is 13.0. The van der Waals surface area contributed by atoms with Gasteiger partial charge in [-0.2, -0.15) is 0 Å². The van der Waals surface area contributed by atoms with E-state index in [0.717, 1.165) is 5.56 Å². The summed E-state index contributed by atoms with van der Waals surface area (Å²) in [6.07, 6.45) is 0.481. The van der Waals surface area contributed by atoms with Gasteiger partial charge in [-0.1, -0.05) is 56.8 Å². The highest BCUT2D eigenvalue weighted by Gasteiger charge is 2.30. The smallest absolute Gasteiger partial charge is 0.407 e. The number of nitrogens with one attached hydrogen (secondary N) is 1. The third-order valence-electron chi connectivity index (χ3n) is 4.10. The molecule has 0 aromatic heterocycles. The van der Waals surface area contributed by atoms with Gasteiger partial charge < -0.3 is 19.5 Å². The number of ether oxygens (including phenoxy) is 3. The van der Waals surface area contributed by atoms with Gasteiger partial charge in [0.15, 0.2) is 6.10 Å². The maximum atomic E-state index is 13.0. The third-order valence-corrected chi connectivity index (χ3v) is 4.10. The molecule has 0 fully saturated rings. The van der Waals surface area contributed by atoms with Gasteiger partial charge in [-0.25, -0.2) is 9.59 Å². The number of benzene rings is 1. The summed E-state index contributed by atoms with van der Waals surface area (Å²) >= 11 is 0. The lowest BCUT2D eigenvalue weighted by atomic mass is 9.99. The first-order valence-electron chi connectivity index (χ1n) is 10.5. The molecule has 1 amide bonds. The van der Waals surface area contributed by atoms with E-state index in [-0.39, 0.29) is 19.1 Å². The average Bonchev–Trinajstić information content (AvgIpc) is 2.67. The molecule has 7 heteroatoms. The van der Waals surface area contributed by atoms with Crippen molar-refractivity contribution < 1.29 is 28.6 Å². The predicted molar refractivity (Wildman–Crippen MR) is 118 cm³/mol. The van der Waals surface area contributed by atoms with Crippen molar-refractivity contribution in [2.75, 3.05) is 13.2 Å². The van der Waals surface area contributed by atoms with Crippen molar-refractivity contribution in [3.63, 3.8) is 0 Å². The largest absolute Gasteiger partial charge is 0.459 e. The average molecular weight is 434 g/mol. The van der Waals surface area contributed by atoms with Gasteiger partial charge in [-0.3, -0.25) is 4.79 Å². The molecule has 7 nitrogen and oxygen atoms in total. The summed E-state index contributed by atoms with van der Waals surface area (Å²) in [5.74, 6) is -1.78. The van der Waals surface area contributed by atoms with E-state index in [2.05, 4.69) is 11.9 Å². The maximum Gasteiger partial charge on any atom is 0.407 e. The second-order valence-corrected chi connectivity index (χ2v) is 8.74. The molecule has 0 unspecified atom stereocenters. The molecule has 0 aliphatic heterocycles. The van der Waals surface area contributed by atoms with Crippen LogP contribution in [0.1, 0.15) is 46.6 Å². The zero-order chi connectivity index (χ0) is 23.4. The van der Waals surface area contributed by atoms with Crippen LogP contribution in [0.15, 0.2) is 43.0 Å². The van der Waals surface area contributed by atoms with E-state index in [0.29, 0.717) is 12.8 Å². The fourth-order valence-corrected chi connectivity index (χ4v) is 2.75. The zero-order valence-electron chi connectivity index (χ0n) is 19.2. The number of hydrogen-bond donors (Lipinski definition) is 1. The lowest BCUT2D eigenvalue weighted by Crippen LogP contribution is -2.40. The van der Waals surface area contributed by atoms with Crippen molar-refractivity contribution in [1.29, 1.82) is 0 Å². The Bertz CT molecular complexity index is 723. The summed E-state index contributed by atoms with van der Waals surface area (Å²) in [6.45, 7) is 12.7. The number of rotatable bonds is 11. The van der Waals surface area contributed by atoms with E-state index in [4.69, 9.17) is 14.2 Å². The molecule has 0 aliphatic rings. The van der Waals surface area contributed by atoms with E-state index in [1.807, 2.05) is 44.2 Å². The van der Waals surface area contributed by atoms with Crippen LogP contribution in [-0.2, 0) is 30.2 Å². The number of alkyl carbamates (subject to hydrolysis) is 1. The van der Waals surface area contributed by atoms with Crippen LogP contribution in [-0.4, -0.2) is 42.9 Å². The topological polar surface area (TPSA) is 90.9 Å². The normalized spacial score (nSPS) is 13.1. The lowest BCUT2D eigenvalue weighted by Gasteiger charge is -2.23. The standard InChI is InChI=1S/C24H35NO6/c1-7-13-29-22(27)20(14-17(2)3)30-21(26)19(15-18-11-9-8-10-12-18)16-25-23(28)31-24(4,5)6/h7-12,17,19-20H,1,13-16H2,2-6H3,(H,25,28)/t19-,20+/m1/s1. The molecule has 0 aliphatic carbocycles. The quantitative estimate of drug-likeness (QED) is 0.322. The van der Waals surface area contributed by atoms with Gasteiger partial charge >= 0.3 is 18.0 Å². The van der Waals surface area contributed by atoms with Crippen LogP contribution < -0.4 is 5.32 Å². The highest BCUT2D eigenvalue weighted by Crippen LogP contribution is 2.16. The number of carbonyl (C=O) groups is 3. The van der Waals surface area contributed by atoms with Gasteiger partial charge in [0.05, 0.1) is 5.92 Å². The Morgan fingerprint density at radius 1 is 1.10 bits per heavy atom. The number of amides is 1. The van der Waals surface area contributed by atoms with Gasteiger partial charge in [-0.15, -0.1) is 0 Å². The van der Waals surface area contributed by atoms with Crippen molar-refractivity contribution in [3.05, 3.63) is 48.6 Å². The summed E-state index contributed by atoms with van der Waals surface area (Å²) < 4.78 is 15.9. The monoisotopic (exact) mass is 433 g/mol. The van der Waals surface area contributed by atoms with Crippen molar-refractivity contribution >= 4 is 18.0 Å². The van der Waals surface area contributed by atoms with E-state index in [9.17, 15) is 14.4 Å². The second kappa shape index (κ2) is 12.8. The third kappa shape index (κ3) is 11.2.